The summed E-state index contributed by atoms with van der Waals surface area (Å²) < 4.78 is 24.2. The minimum absolute atomic E-state index is 0.0960. The smallest absolute Gasteiger partial charge is 0.288 e. The molecule has 0 fully saturated rings. The highest BCUT2D eigenvalue weighted by atomic mass is 32.2. The molecular weight excluding hydrogens is 244 g/mol. The van der Waals surface area contributed by atoms with Crippen molar-refractivity contribution in [3.05, 3.63) is 42.6 Å². The highest BCUT2D eigenvalue weighted by Gasteiger charge is 2.05. The van der Waals surface area contributed by atoms with Crippen molar-refractivity contribution < 1.29 is 13.9 Å². The zero-order valence-electron chi connectivity index (χ0n) is 8.68. The van der Waals surface area contributed by atoms with Crippen LogP contribution in [0.3, 0.4) is 0 Å². The normalized spacial score (nSPS) is 10.8. The zero-order valence-corrected chi connectivity index (χ0v) is 9.49. The highest BCUT2D eigenvalue weighted by molar-refractivity contribution is 7.99. The molecule has 1 aromatic heterocycles. The van der Waals surface area contributed by atoms with Crippen molar-refractivity contribution in [3.63, 3.8) is 0 Å². The Kier molecular flexibility index (Phi) is 3.58. The second-order valence-electron chi connectivity index (χ2n) is 3.30. The number of hydrogen-bond acceptors (Lipinski definition) is 3. The van der Waals surface area contributed by atoms with Crippen LogP contribution >= 0.6 is 11.8 Å². The molecule has 0 atom stereocenters. The monoisotopic (exact) mass is 253 g/mol. The van der Waals surface area contributed by atoms with Crippen molar-refractivity contribution >= 4 is 11.8 Å². The van der Waals surface area contributed by atoms with Crippen molar-refractivity contribution in [1.82, 2.24) is 4.98 Å². The number of thioether (sulfide) groups is 1. The number of pyridine rings is 1. The molecule has 0 spiro atoms. The first-order valence-electron chi connectivity index (χ1n) is 4.85. The Bertz CT molecular complexity index is 485. The third kappa shape index (κ3) is 3.17. The van der Waals surface area contributed by atoms with Crippen LogP contribution in [0, 0.1) is 0 Å². The lowest BCUT2D eigenvalue weighted by Crippen LogP contribution is -1.84. The lowest BCUT2D eigenvalue weighted by atomic mass is 10.1. The SMILES string of the molecule is Oc1ccc(-c2ccc(SC(F)F)cc2)nc1. The third-order valence-corrected chi connectivity index (χ3v) is 2.85. The van der Waals surface area contributed by atoms with E-state index in [0.29, 0.717) is 22.4 Å². The van der Waals surface area contributed by atoms with E-state index >= 15 is 0 Å². The molecule has 88 valence electrons. The molecule has 5 heteroatoms. The van der Waals surface area contributed by atoms with E-state index in [2.05, 4.69) is 4.98 Å². The summed E-state index contributed by atoms with van der Waals surface area (Å²) in [5.41, 5.74) is 1.51. The predicted molar refractivity (Wildman–Crippen MR) is 63.2 cm³/mol. The summed E-state index contributed by atoms with van der Waals surface area (Å²) in [6, 6.07) is 9.91. The van der Waals surface area contributed by atoms with Crippen LogP contribution < -0.4 is 0 Å². The van der Waals surface area contributed by atoms with E-state index in [1.807, 2.05) is 0 Å². The number of rotatable bonds is 3. The van der Waals surface area contributed by atoms with Crippen molar-refractivity contribution in [2.24, 2.45) is 0 Å². The Morgan fingerprint density at radius 1 is 1.06 bits per heavy atom. The Morgan fingerprint density at radius 3 is 2.29 bits per heavy atom. The number of aromatic nitrogens is 1. The molecule has 0 aliphatic heterocycles. The van der Waals surface area contributed by atoms with Gasteiger partial charge in [0.1, 0.15) is 5.75 Å². The molecule has 1 aromatic carbocycles. The molecule has 0 aliphatic rings. The van der Waals surface area contributed by atoms with Crippen LogP contribution in [-0.2, 0) is 0 Å². The first kappa shape index (κ1) is 11.9. The van der Waals surface area contributed by atoms with Crippen molar-refractivity contribution in [2.75, 3.05) is 0 Å². The van der Waals surface area contributed by atoms with E-state index in [4.69, 9.17) is 5.11 Å². The van der Waals surface area contributed by atoms with Crippen LogP contribution in [0.2, 0.25) is 0 Å². The van der Waals surface area contributed by atoms with Crippen LogP contribution in [0.4, 0.5) is 8.78 Å². The number of nitrogens with zero attached hydrogens (tertiary/aromatic N) is 1. The first-order valence-corrected chi connectivity index (χ1v) is 5.73. The molecule has 0 saturated heterocycles. The van der Waals surface area contributed by atoms with Gasteiger partial charge in [0.05, 0.1) is 11.9 Å². The second-order valence-corrected chi connectivity index (χ2v) is 4.37. The second kappa shape index (κ2) is 5.14. The predicted octanol–water partition coefficient (Wildman–Crippen LogP) is 3.77. The van der Waals surface area contributed by atoms with E-state index in [1.54, 1.807) is 30.3 Å². The summed E-state index contributed by atoms with van der Waals surface area (Å²) in [5.74, 6) is -2.31. The van der Waals surface area contributed by atoms with Gasteiger partial charge in [0.25, 0.3) is 5.76 Å². The van der Waals surface area contributed by atoms with Gasteiger partial charge in [-0.25, -0.2) is 0 Å². The number of benzene rings is 1. The fourth-order valence-electron chi connectivity index (χ4n) is 1.36. The first-order chi connectivity index (χ1) is 8.15. The van der Waals surface area contributed by atoms with Gasteiger partial charge in [-0.1, -0.05) is 23.9 Å². The lowest BCUT2D eigenvalue weighted by Gasteiger charge is -2.03. The lowest BCUT2D eigenvalue weighted by molar-refractivity contribution is 0.252. The topological polar surface area (TPSA) is 33.1 Å². The van der Waals surface area contributed by atoms with Crippen LogP contribution in [0.15, 0.2) is 47.5 Å². The molecular formula is C12H9F2NOS. The Balaban J connectivity index is 2.20. The maximum Gasteiger partial charge on any atom is 0.288 e. The molecule has 17 heavy (non-hydrogen) atoms. The van der Waals surface area contributed by atoms with Gasteiger partial charge in [0.2, 0.25) is 0 Å². The van der Waals surface area contributed by atoms with Gasteiger partial charge in [-0.3, -0.25) is 4.98 Å². The van der Waals surface area contributed by atoms with Gasteiger partial charge >= 0.3 is 0 Å². The number of halogens is 2. The largest absolute Gasteiger partial charge is 0.506 e. The molecule has 1 heterocycles. The van der Waals surface area contributed by atoms with Crippen LogP contribution in [-0.4, -0.2) is 15.8 Å². The zero-order chi connectivity index (χ0) is 12.3. The van der Waals surface area contributed by atoms with Gasteiger partial charge in [-0.2, -0.15) is 8.78 Å². The molecule has 0 bridgehead atoms. The molecule has 0 radical (unpaired) electrons. The summed E-state index contributed by atoms with van der Waals surface area (Å²) in [7, 11) is 0. The standard InChI is InChI=1S/C12H9F2NOS/c13-12(14)17-10-4-1-8(2-5-10)11-6-3-9(16)7-15-11/h1-7,12,16H. The van der Waals surface area contributed by atoms with Crippen LogP contribution in [0.5, 0.6) is 5.75 Å². The van der Waals surface area contributed by atoms with Crippen molar-refractivity contribution in [1.29, 1.82) is 0 Å². The summed E-state index contributed by atoms with van der Waals surface area (Å²) >= 11 is 0.511. The van der Waals surface area contributed by atoms with Gasteiger partial charge in [0, 0.05) is 10.5 Å². The highest BCUT2D eigenvalue weighted by Crippen LogP contribution is 2.27. The summed E-state index contributed by atoms with van der Waals surface area (Å²) in [6.07, 6.45) is 1.34. The fourth-order valence-corrected chi connectivity index (χ4v) is 1.86. The molecule has 0 unspecified atom stereocenters. The maximum absolute atomic E-state index is 12.1. The minimum Gasteiger partial charge on any atom is -0.506 e. The molecule has 2 rings (SSSR count). The Morgan fingerprint density at radius 2 is 1.76 bits per heavy atom. The maximum atomic E-state index is 12.1. The Labute approximate surface area is 101 Å². The van der Waals surface area contributed by atoms with Gasteiger partial charge in [-0.15, -0.1) is 0 Å². The number of alkyl halides is 2. The minimum atomic E-state index is -2.41. The quantitative estimate of drug-likeness (QED) is 0.845. The summed E-state index contributed by atoms with van der Waals surface area (Å²) in [4.78, 5) is 4.55. The molecule has 2 aromatic rings. The van der Waals surface area contributed by atoms with Crippen molar-refractivity contribution in [3.8, 4) is 17.0 Å². The third-order valence-electron chi connectivity index (χ3n) is 2.12. The van der Waals surface area contributed by atoms with Crippen molar-refractivity contribution in [2.45, 2.75) is 10.7 Å². The fraction of sp³-hybridized carbons (Fsp3) is 0.0833. The van der Waals surface area contributed by atoms with E-state index in [9.17, 15) is 8.78 Å². The van der Waals surface area contributed by atoms with Gasteiger partial charge in [0.15, 0.2) is 0 Å². The summed E-state index contributed by atoms with van der Waals surface area (Å²) in [6.45, 7) is 0. The van der Waals surface area contributed by atoms with Gasteiger partial charge < -0.3 is 5.11 Å². The van der Waals surface area contributed by atoms with E-state index in [1.165, 1.54) is 12.3 Å². The molecule has 0 saturated carbocycles. The molecule has 1 N–H and O–H groups in total. The average Bonchev–Trinajstić information content (AvgIpc) is 2.30. The molecule has 0 amide bonds. The van der Waals surface area contributed by atoms with Gasteiger partial charge in [-0.05, 0) is 24.3 Å². The Hall–Kier alpha value is -1.62. The van der Waals surface area contributed by atoms with E-state index < -0.39 is 5.76 Å². The average molecular weight is 253 g/mol. The number of aromatic hydroxyl groups is 1. The molecule has 2 nitrogen and oxygen atoms in total. The number of hydrogen-bond donors (Lipinski definition) is 1. The van der Waals surface area contributed by atoms with Crippen LogP contribution in [0.25, 0.3) is 11.3 Å². The molecule has 0 aliphatic carbocycles. The van der Waals surface area contributed by atoms with Crippen LogP contribution in [0.1, 0.15) is 0 Å². The summed E-state index contributed by atoms with van der Waals surface area (Å²) in [5, 5.41) is 9.10. The van der Waals surface area contributed by atoms with E-state index in [-0.39, 0.29) is 5.75 Å². The van der Waals surface area contributed by atoms with E-state index in [0.717, 1.165) is 5.56 Å².